The van der Waals surface area contributed by atoms with Crippen LogP contribution in [0, 0.1) is 11.3 Å². The van der Waals surface area contributed by atoms with Crippen LogP contribution in [0.1, 0.15) is 16.2 Å². The molecule has 1 amide bonds. The summed E-state index contributed by atoms with van der Waals surface area (Å²) in [6.07, 6.45) is 0. The molecule has 2 rings (SSSR count). The quantitative estimate of drug-likeness (QED) is 0.750. The Balaban J connectivity index is 2.17. The van der Waals surface area contributed by atoms with E-state index < -0.39 is 5.91 Å². The fourth-order valence-corrected chi connectivity index (χ4v) is 1.47. The highest BCUT2D eigenvalue weighted by Crippen LogP contribution is 2.20. The van der Waals surface area contributed by atoms with Crippen molar-refractivity contribution < 1.29 is 4.79 Å². The molecule has 90 valence electrons. The van der Waals surface area contributed by atoms with Gasteiger partial charge < -0.3 is 11.1 Å². The normalized spacial score (nSPS) is 9.78. The van der Waals surface area contributed by atoms with Crippen LogP contribution in [0.3, 0.4) is 0 Å². The maximum atomic E-state index is 11.7. The molecule has 18 heavy (non-hydrogen) atoms. The first-order valence-corrected chi connectivity index (χ1v) is 5.17. The number of benzene rings is 1. The fraction of sp³-hybridized carbons (Fsp3) is 0. The summed E-state index contributed by atoms with van der Waals surface area (Å²) in [6, 6.07) is 6.46. The first-order valence-electron chi connectivity index (χ1n) is 4.79. The minimum atomic E-state index is -0.500. The van der Waals surface area contributed by atoms with E-state index in [-0.39, 0.29) is 16.8 Å². The number of amides is 1. The lowest BCUT2D eigenvalue weighted by Gasteiger charge is -2.03. The number of rotatable bonds is 2. The molecule has 0 aliphatic carbocycles. The molecule has 0 aliphatic rings. The lowest BCUT2D eigenvalue weighted by Crippen LogP contribution is -2.13. The third-order valence-corrected chi connectivity index (χ3v) is 2.38. The van der Waals surface area contributed by atoms with Gasteiger partial charge in [-0.3, -0.25) is 9.89 Å². The molecule has 1 heterocycles. The Labute approximate surface area is 107 Å². The maximum Gasteiger partial charge on any atom is 0.293 e. The maximum absolute atomic E-state index is 11.7. The molecule has 0 fully saturated rings. The first kappa shape index (κ1) is 11.9. The number of aromatic nitrogens is 3. The number of aromatic amines is 1. The summed E-state index contributed by atoms with van der Waals surface area (Å²) >= 11 is 5.83. The summed E-state index contributed by atoms with van der Waals surface area (Å²) in [5, 5.41) is 17.4. The predicted octanol–water partition coefficient (Wildman–Crippen LogP) is 1.16. The average molecular weight is 263 g/mol. The molecule has 0 aliphatic heterocycles. The van der Waals surface area contributed by atoms with Crippen molar-refractivity contribution in [2.45, 2.75) is 0 Å². The van der Waals surface area contributed by atoms with E-state index in [2.05, 4.69) is 20.5 Å². The van der Waals surface area contributed by atoms with Crippen LogP contribution in [0.5, 0.6) is 0 Å². The van der Waals surface area contributed by atoms with E-state index in [1.165, 1.54) is 12.1 Å². The van der Waals surface area contributed by atoms with Gasteiger partial charge in [-0.2, -0.15) is 10.2 Å². The molecule has 0 unspecified atom stereocenters. The molecule has 0 spiro atoms. The zero-order valence-corrected chi connectivity index (χ0v) is 9.69. The van der Waals surface area contributed by atoms with Gasteiger partial charge in [-0.15, -0.1) is 5.10 Å². The van der Waals surface area contributed by atoms with Crippen LogP contribution in [0.2, 0.25) is 5.02 Å². The lowest BCUT2D eigenvalue weighted by molar-refractivity contribution is 0.101. The highest BCUT2D eigenvalue weighted by molar-refractivity contribution is 6.32. The number of nitrogens with zero attached hydrogens (tertiary/aromatic N) is 3. The van der Waals surface area contributed by atoms with Crippen molar-refractivity contribution in [1.29, 1.82) is 5.26 Å². The summed E-state index contributed by atoms with van der Waals surface area (Å²) in [5.41, 5.74) is 6.06. The van der Waals surface area contributed by atoms with Crippen LogP contribution in [0.25, 0.3) is 0 Å². The summed E-state index contributed by atoms with van der Waals surface area (Å²) in [4.78, 5) is 15.4. The van der Waals surface area contributed by atoms with Crippen LogP contribution < -0.4 is 11.1 Å². The van der Waals surface area contributed by atoms with Crippen molar-refractivity contribution in [2.24, 2.45) is 0 Å². The second-order valence-electron chi connectivity index (χ2n) is 3.30. The minimum Gasteiger partial charge on any atom is -0.366 e. The van der Waals surface area contributed by atoms with Gasteiger partial charge in [0.05, 0.1) is 10.6 Å². The van der Waals surface area contributed by atoms with E-state index in [1.807, 2.05) is 6.07 Å². The van der Waals surface area contributed by atoms with Gasteiger partial charge in [0.2, 0.25) is 11.8 Å². The van der Waals surface area contributed by atoms with Gasteiger partial charge in [0, 0.05) is 5.69 Å². The molecule has 0 bridgehead atoms. The number of hydrogen-bond acceptors (Lipinski definition) is 5. The summed E-state index contributed by atoms with van der Waals surface area (Å²) in [5.74, 6) is -0.522. The number of nitrogen functional groups attached to an aromatic ring is 1. The zero-order chi connectivity index (χ0) is 13.1. The topological polar surface area (TPSA) is 120 Å². The number of halogens is 1. The van der Waals surface area contributed by atoms with Crippen LogP contribution in [-0.2, 0) is 0 Å². The second kappa shape index (κ2) is 4.73. The highest BCUT2D eigenvalue weighted by atomic mass is 35.5. The van der Waals surface area contributed by atoms with Gasteiger partial charge in [0.25, 0.3) is 5.91 Å². The first-order chi connectivity index (χ1) is 8.60. The van der Waals surface area contributed by atoms with Crippen LogP contribution >= 0.6 is 11.6 Å². The minimum absolute atomic E-state index is 0.00650. The number of carbonyl (C=O) groups excluding carboxylic acids is 1. The Hall–Kier alpha value is -2.59. The Bertz CT molecular complexity index is 644. The van der Waals surface area contributed by atoms with Crippen LogP contribution in [-0.4, -0.2) is 21.1 Å². The molecule has 0 saturated heterocycles. The fourth-order valence-electron chi connectivity index (χ4n) is 1.25. The SMILES string of the molecule is N#Cc1ccc(NC(=O)c2nc(N)n[nH]2)cc1Cl. The predicted molar refractivity (Wildman–Crippen MR) is 64.9 cm³/mol. The third kappa shape index (κ3) is 2.39. The van der Waals surface area contributed by atoms with E-state index in [1.54, 1.807) is 6.07 Å². The largest absolute Gasteiger partial charge is 0.366 e. The Morgan fingerprint density at radius 1 is 1.56 bits per heavy atom. The number of H-pyrrole nitrogens is 1. The number of nitrogens with one attached hydrogen (secondary N) is 2. The van der Waals surface area contributed by atoms with Gasteiger partial charge in [0.1, 0.15) is 6.07 Å². The summed E-state index contributed by atoms with van der Waals surface area (Å²) in [6.45, 7) is 0. The van der Waals surface area contributed by atoms with E-state index in [4.69, 9.17) is 22.6 Å². The van der Waals surface area contributed by atoms with Gasteiger partial charge in [-0.1, -0.05) is 11.6 Å². The smallest absolute Gasteiger partial charge is 0.293 e. The average Bonchev–Trinajstić information content (AvgIpc) is 2.76. The highest BCUT2D eigenvalue weighted by Gasteiger charge is 2.11. The molecule has 2 aromatic rings. The molecule has 8 heteroatoms. The van der Waals surface area contributed by atoms with Crippen molar-refractivity contribution in [3.63, 3.8) is 0 Å². The number of hydrogen-bond donors (Lipinski definition) is 3. The standard InChI is InChI=1S/C10H7ClN6O/c11-7-3-6(2-1-5(7)4-12)14-9(18)8-15-10(13)17-16-8/h1-3H,(H,14,18)(H3,13,15,16,17). The van der Waals surface area contributed by atoms with Crippen LogP contribution in [0.4, 0.5) is 11.6 Å². The number of nitriles is 1. The van der Waals surface area contributed by atoms with E-state index in [0.717, 1.165) is 0 Å². The van der Waals surface area contributed by atoms with Gasteiger partial charge >= 0.3 is 0 Å². The van der Waals surface area contributed by atoms with Crippen molar-refractivity contribution in [1.82, 2.24) is 15.2 Å². The van der Waals surface area contributed by atoms with Crippen molar-refractivity contribution in [3.8, 4) is 6.07 Å². The van der Waals surface area contributed by atoms with E-state index >= 15 is 0 Å². The summed E-state index contributed by atoms with van der Waals surface area (Å²) < 4.78 is 0. The van der Waals surface area contributed by atoms with E-state index in [9.17, 15) is 4.79 Å². The van der Waals surface area contributed by atoms with Gasteiger partial charge in [0.15, 0.2) is 0 Å². The second-order valence-corrected chi connectivity index (χ2v) is 3.71. The molecular weight excluding hydrogens is 256 g/mol. The molecule has 1 aromatic heterocycles. The van der Waals surface area contributed by atoms with Crippen molar-refractivity contribution >= 4 is 29.1 Å². The van der Waals surface area contributed by atoms with E-state index in [0.29, 0.717) is 11.3 Å². The molecule has 7 nitrogen and oxygen atoms in total. The molecular formula is C10H7ClN6O. The Kier molecular flexibility index (Phi) is 3.12. The third-order valence-electron chi connectivity index (χ3n) is 2.07. The number of carbonyl (C=O) groups is 1. The van der Waals surface area contributed by atoms with Gasteiger partial charge in [-0.25, -0.2) is 0 Å². The zero-order valence-electron chi connectivity index (χ0n) is 8.94. The monoisotopic (exact) mass is 262 g/mol. The molecule has 4 N–H and O–H groups in total. The summed E-state index contributed by atoms with van der Waals surface area (Å²) in [7, 11) is 0. The van der Waals surface area contributed by atoms with Crippen molar-refractivity contribution in [2.75, 3.05) is 11.1 Å². The van der Waals surface area contributed by atoms with Gasteiger partial charge in [-0.05, 0) is 18.2 Å². The van der Waals surface area contributed by atoms with Crippen LogP contribution in [0.15, 0.2) is 18.2 Å². The number of nitrogens with two attached hydrogens (primary N) is 1. The molecule has 0 atom stereocenters. The molecule has 0 saturated carbocycles. The number of anilines is 2. The van der Waals surface area contributed by atoms with Crippen molar-refractivity contribution in [3.05, 3.63) is 34.6 Å². The molecule has 1 aromatic carbocycles. The molecule has 0 radical (unpaired) electrons. The Morgan fingerprint density at radius 3 is 2.89 bits per heavy atom. The lowest BCUT2D eigenvalue weighted by atomic mass is 10.2. The Morgan fingerprint density at radius 2 is 2.33 bits per heavy atom.